The molecule has 20 heavy (non-hydrogen) atoms. The van der Waals surface area contributed by atoms with E-state index in [9.17, 15) is 0 Å². The van der Waals surface area contributed by atoms with Crippen LogP contribution in [0, 0.1) is 0 Å². The highest BCUT2D eigenvalue weighted by Gasteiger charge is 2.20. The fourth-order valence-corrected chi connectivity index (χ4v) is 2.17. The molecule has 0 saturated heterocycles. The summed E-state index contributed by atoms with van der Waals surface area (Å²) in [6, 6.07) is 6.24. The monoisotopic (exact) mass is 281 g/mol. The van der Waals surface area contributed by atoms with Gasteiger partial charge in [-0.2, -0.15) is 0 Å². The Hall–Kier alpha value is -1.26. The van der Waals surface area contributed by atoms with Crippen LogP contribution in [0.1, 0.15) is 32.8 Å². The summed E-state index contributed by atoms with van der Waals surface area (Å²) < 4.78 is 16.1. The molecular formula is C16H27NO3. The van der Waals surface area contributed by atoms with Crippen LogP contribution in [0.2, 0.25) is 0 Å². The minimum absolute atomic E-state index is 0.115. The van der Waals surface area contributed by atoms with Gasteiger partial charge in [0.25, 0.3) is 0 Å². The lowest BCUT2D eigenvalue weighted by atomic mass is 9.99. The summed E-state index contributed by atoms with van der Waals surface area (Å²) in [7, 11) is 5.08. The van der Waals surface area contributed by atoms with E-state index in [2.05, 4.69) is 26.1 Å². The van der Waals surface area contributed by atoms with Crippen molar-refractivity contribution in [2.45, 2.75) is 45.4 Å². The molecule has 0 radical (unpaired) electrons. The van der Waals surface area contributed by atoms with E-state index in [4.69, 9.17) is 14.2 Å². The van der Waals surface area contributed by atoms with Gasteiger partial charge in [0.1, 0.15) is 11.5 Å². The lowest BCUT2D eigenvalue weighted by molar-refractivity contribution is 0.00844. The van der Waals surface area contributed by atoms with Crippen molar-refractivity contribution < 1.29 is 14.2 Å². The molecule has 0 bridgehead atoms. The maximum atomic E-state index is 5.45. The van der Waals surface area contributed by atoms with E-state index in [1.165, 1.54) is 0 Å². The molecule has 0 heterocycles. The first kappa shape index (κ1) is 16.8. The second-order valence-corrected chi connectivity index (χ2v) is 5.63. The summed E-state index contributed by atoms with van der Waals surface area (Å²) in [5, 5.41) is 3.50. The summed E-state index contributed by atoms with van der Waals surface area (Å²) >= 11 is 0. The Labute approximate surface area is 122 Å². The molecule has 0 aliphatic rings. The van der Waals surface area contributed by atoms with Crippen LogP contribution in [-0.2, 0) is 11.3 Å². The number of benzene rings is 1. The second-order valence-electron chi connectivity index (χ2n) is 5.63. The van der Waals surface area contributed by atoms with Crippen molar-refractivity contribution in [1.82, 2.24) is 5.32 Å². The fourth-order valence-electron chi connectivity index (χ4n) is 2.17. The normalized spacial score (nSPS) is 13.1. The molecule has 1 aromatic carbocycles. The van der Waals surface area contributed by atoms with E-state index in [0.29, 0.717) is 6.04 Å². The van der Waals surface area contributed by atoms with Crippen LogP contribution in [0.4, 0.5) is 0 Å². The Bertz CT molecular complexity index is 418. The van der Waals surface area contributed by atoms with Crippen LogP contribution in [0.5, 0.6) is 11.5 Å². The summed E-state index contributed by atoms with van der Waals surface area (Å²) in [5.41, 5.74) is 1.01. The number of hydrogen-bond acceptors (Lipinski definition) is 4. The predicted octanol–water partition coefficient (Wildman–Crippen LogP) is 3.00. The van der Waals surface area contributed by atoms with Gasteiger partial charge in [-0.05, 0) is 33.3 Å². The van der Waals surface area contributed by atoms with Gasteiger partial charge in [0, 0.05) is 31.3 Å². The maximum Gasteiger partial charge on any atom is 0.127 e. The largest absolute Gasteiger partial charge is 0.497 e. The van der Waals surface area contributed by atoms with Gasteiger partial charge in [0.05, 0.1) is 19.8 Å². The van der Waals surface area contributed by atoms with Crippen molar-refractivity contribution >= 4 is 0 Å². The third kappa shape index (κ3) is 5.02. The van der Waals surface area contributed by atoms with E-state index in [1.54, 1.807) is 21.3 Å². The highest BCUT2D eigenvalue weighted by molar-refractivity contribution is 5.40. The lowest BCUT2D eigenvalue weighted by Gasteiger charge is -2.27. The van der Waals surface area contributed by atoms with Gasteiger partial charge in [0.2, 0.25) is 0 Å². The van der Waals surface area contributed by atoms with Crippen molar-refractivity contribution in [3.8, 4) is 11.5 Å². The Balaban J connectivity index is 2.61. The predicted molar refractivity (Wildman–Crippen MR) is 81.6 cm³/mol. The van der Waals surface area contributed by atoms with Gasteiger partial charge in [-0.1, -0.05) is 6.07 Å². The third-order valence-corrected chi connectivity index (χ3v) is 3.49. The number of ether oxygens (including phenoxy) is 3. The van der Waals surface area contributed by atoms with Crippen LogP contribution >= 0.6 is 0 Å². The van der Waals surface area contributed by atoms with Gasteiger partial charge >= 0.3 is 0 Å². The molecule has 0 aromatic heterocycles. The van der Waals surface area contributed by atoms with Gasteiger partial charge < -0.3 is 19.5 Å². The molecule has 4 nitrogen and oxygen atoms in total. The molecule has 0 fully saturated rings. The quantitative estimate of drug-likeness (QED) is 0.795. The molecule has 0 spiro atoms. The van der Waals surface area contributed by atoms with Crippen LogP contribution in [0.3, 0.4) is 0 Å². The van der Waals surface area contributed by atoms with E-state index >= 15 is 0 Å². The number of methoxy groups -OCH3 is 3. The highest BCUT2D eigenvalue weighted by Crippen LogP contribution is 2.24. The maximum absolute atomic E-state index is 5.45. The Morgan fingerprint density at radius 2 is 1.85 bits per heavy atom. The van der Waals surface area contributed by atoms with Crippen LogP contribution < -0.4 is 14.8 Å². The molecule has 1 rings (SSSR count). The molecule has 1 N–H and O–H groups in total. The molecule has 1 atom stereocenters. The molecule has 4 heteroatoms. The zero-order valence-corrected chi connectivity index (χ0v) is 13.4. The molecule has 1 unspecified atom stereocenters. The van der Waals surface area contributed by atoms with E-state index < -0.39 is 0 Å². The summed E-state index contributed by atoms with van der Waals surface area (Å²) in [4.78, 5) is 0. The Morgan fingerprint density at radius 1 is 1.15 bits per heavy atom. The second kappa shape index (κ2) is 7.50. The number of rotatable bonds is 8. The lowest BCUT2D eigenvalue weighted by Crippen LogP contribution is -2.35. The summed E-state index contributed by atoms with van der Waals surface area (Å²) in [6.45, 7) is 7.11. The van der Waals surface area contributed by atoms with Gasteiger partial charge in [0.15, 0.2) is 0 Å². The van der Waals surface area contributed by atoms with Crippen molar-refractivity contribution in [1.29, 1.82) is 0 Å². The molecular weight excluding hydrogens is 254 g/mol. The molecule has 0 amide bonds. The van der Waals surface area contributed by atoms with E-state index in [-0.39, 0.29) is 5.60 Å². The minimum atomic E-state index is -0.115. The number of nitrogens with one attached hydrogen (secondary N) is 1. The molecule has 0 saturated carbocycles. The van der Waals surface area contributed by atoms with Crippen molar-refractivity contribution in [2.24, 2.45) is 0 Å². The third-order valence-electron chi connectivity index (χ3n) is 3.49. The van der Waals surface area contributed by atoms with E-state index in [0.717, 1.165) is 30.0 Å². The summed E-state index contributed by atoms with van der Waals surface area (Å²) in [6.07, 6.45) is 0.946. The SMILES string of the molecule is COc1ccc(CNC(C)CC(C)(C)OC)c(OC)c1. The first-order valence-corrected chi connectivity index (χ1v) is 6.91. The van der Waals surface area contributed by atoms with Gasteiger partial charge in [-0.15, -0.1) is 0 Å². The first-order valence-electron chi connectivity index (χ1n) is 6.91. The van der Waals surface area contributed by atoms with Crippen LogP contribution in [-0.4, -0.2) is 33.0 Å². The smallest absolute Gasteiger partial charge is 0.127 e. The first-order chi connectivity index (χ1) is 9.41. The molecule has 1 aromatic rings. The van der Waals surface area contributed by atoms with Gasteiger partial charge in [-0.3, -0.25) is 0 Å². The van der Waals surface area contributed by atoms with Crippen molar-refractivity contribution in [3.63, 3.8) is 0 Å². The minimum Gasteiger partial charge on any atom is -0.497 e. The highest BCUT2D eigenvalue weighted by atomic mass is 16.5. The van der Waals surface area contributed by atoms with Crippen LogP contribution in [0.15, 0.2) is 18.2 Å². The van der Waals surface area contributed by atoms with Crippen molar-refractivity contribution in [2.75, 3.05) is 21.3 Å². The Kier molecular flexibility index (Phi) is 6.30. The van der Waals surface area contributed by atoms with Crippen LogP contribution in [0.25, 0.3) is 0 Å². The standard InChI is InChI=1S/C16H27NO3/c1-12(10-16(2,3)20-6)17-11-13-7-8-14(18-4)9-15(13)19-5/h7-9,12,17H,10-11H2,1-6H3. The number of hydrogen-bond donors (Lipinski definition) is 1. The molecule has 0 aliphatic carbocycles. The molecule has 114 valence electrons. The average Bonchev–Trinajstić information content (AvgIpc) is 2.44. The average molecular weight is 281 g/mol. The van der Waals surface area contributed by atoms with E-state index in [1.807, 2.05) is 18.2 Å². The topological polar surface area (TPSA) is 39.7 Å². The zero-order chi connectivity index (χ0) is 15.2. The zero-order valence-electron chi connectivity index (χ0n) is 13.4. The van der Waals surface area contributed by atoms with Gasteiger partial charge in [-0.25, -0.2) is 0 Å². The van der Waals surface area contributed by atoms with Crippen molar-refractivity contribution in [3.05, 3.63) is 23.8 Å². The fraction of sp³-hybridized carbons (Fsp3) is 0.625. The Morgan fingerprint density at radius 3 is 2.40 bits per heavy atom. The summed E-state index contributed by atoms with van der Waals surface area (Å²) in [5.74, 6) is 1.65. The molecule has 0 aliphatic heterocycles.